The highest BCUT2D eigenvalue weighted by Crippen LogP contribution is 2.69. The lowest BCUT2D eigenvalue weighted by Gasteiger charge is -2.61. The van der Waals surface area contributed by atoms with E-state index in [9.17, 15) is 5.11 Å². The number of fused-ring (bicyclic) bond motifs is 6. The molecule has 4 fully saturated rings. The van der Waals surface area contributed by atoms with Crippen molar-refractivity contribution in [3.05, 3.63) is 47.5 Å². The molecule has 3 saturated carbocycles. The minimum atomic E-state index is -0.426. The van der Waals surface area contributed by atoms with Gasteiger partial charge in [-0.1, -0.05) is 55.8 Å². The van der Waals surface area contributed by atoms with Crippen LogP contribution in [0.5, 0.6) is 0 Å². The van der Waals surface area contributed by atoms with Crippen molar-refractivity contribution in [2.45, 2.75) is 83.4 Å². The Kier molecular flexibility index (Phi) is 5.11. The van der Waals surface area contributed by atoms with Gasteiger partial charge in [-0.3, -0.25) is 0 Å². The van der Waals surface area contributed by atoms with Crippen LogP contribution in [0.25, 0.3) is 0 Å². The first-order valence-corrected chi connectivity index (χ1v) is 12.8. The van der Waals surface area contributed by atoms with Gasteiger partial charge in [-0.2, -0.15) is 0 Å². The highest BCUT2D eigenvalue weighted by Gasteiger charge is 2.69. The van der Waals surface area contributed by atoms with Gasteiger partial charge in [-0.05, 0) is 67.3 Å². The molecule has 1 aromatic rings. The lowest BCUT2D eigenvalue weighted by atomic mass is 9.46. The Balaban J connectivity index is 1.37. The van der Waals surface area contributed by atoms with Gasteiger partial charge in [0, 0.05) is 11.8 Å². The van der Waals surface area contributed by atoms with Crippen LogP contribution < -0.4 is 0 Å². The molecule has 0 radical (unpaired) electrons. The van der Waals surface area contributed by atoms with Gasteiger partial charge in [0.05, 0.1) is 32.0 Å². The third-order valence-corrected chi connectivity index (χ3v) is 10.1. The number of aliphatic hydroxyl groups excluding tert-OH is 1. The highest BCUT2D eigenvalue weighted by molar-refractivity contribution is 5.27. The highest BCUT2D eigenvalue weighted by atomic mass is 16.7. The second kappa shape index (κ2) is 7.66. The third-order valence-electron chi connectivity index (χ3n) is 10.1. The minimum Gasteiger partial charge on any atom is -0.393 e. The smallest absolute Gasteiger partial charge is 0.174 e. The molecular weight excluding hydrogens is 400 g/mol. The molecule has 1 spiro atoms. The number of benzene rings is 1. The molecule has 5 unspecified atom stereocenters. The van der Waals surface area contributed by atoms with Crippen LogP contribution in [0.2, 0.25) is 0 Å². The average Bonchev–Trinajstić information content (AvgIpc) is 3.39. The van der Waals surface area contributed by atoms with Gasteiger partial charge in [0.15, 0.2) is 5.79 Å². The Hall–Kier alpha value is -1.20. The maximum absolute atomic E-state index is 10.4. The van der Waals surface area contributed by atoms with Crippen LogP contribution in [-0.2, 0) is 20.8 Å². The molecule has 1 aliphatic heterocycles. The summed E-state index contributed by atoms with van der Waals surface area (Å²) in [5.41, 5.74) is 2.83. The van der Waals surface area contributed by atoms with Crippen LogP contribution in [0, 0.1) is 28.6 Å². The van der Waals surface area contributed by atoms with Crippen molar-refractivity contribution in [3.8, 4) is 0 Å². The lowest BCUT2D eigenvalue weighted by Crippen LogP contribution is -2.60. The van der Waals surface area contributed by atoms with Gasteiger partial charge in [0.2, 0.25) is 0 Å². The van der Waals surface area contributed by atoms with Gasteiger partial charge >= 0.3 is 0 Å². The third kappa shape index (κ3) is 3.02. The summed E-state index contributed by atoms with van der Waals surface area (Å²) in [5, 5.41) is 10.4. The number of aliphatic hydroxyl groups is 1. The van der Waals surface area contributed by atoms with Crippen molar-refractivity contribution in [2.75, 3.05) is 13.2 Å². The monoisotopic (exact) mass is 438 g/mol. The number of hydrogen-bond acceptors (Lipinski definition) is 4. The molecule has 4 aliphatic carbocycles. The van der Waals surface area contributed by atoms with Gasteiger partial charge in [-0.25, -0.2) is 0 Å². The number of allylic oxidation sites excluding steroid dienone is 1. The number of ether oxygens (including phenoxy) is 3. The van der Waals surface area contributed by atoms with Crippen molar-refractivity contribution in [1.29, 1.82) is 0 Å². The zero-order valence-corrected chi connectivity index (χ0v) is 19.6. The summed E-state index contributed by atoms with van der Waals surface area (Å²) in [4.78, 5) is 0. The fourth-order valence-electron chi connectivity index (χ4n) is 8.55. The molecule has 4 nitrogen and oxygen atoms in total. The standard InChI is InChI=1S/C28H38O4/c1-26-12-10-21(29)16-20(26)8-9-22-23-11-13-28(31-14-15-32-28)27(23,2)17-24(25(22)26)30-18-19-6-4-3-5-7-19/h3-8,21-25,29H,9-18H2,1-2H3/t21?,22?,23?,24?,25?,26-,27-/m0/s1. The fraction of sp³-hybridized carbons (Fsp3) is 0.714. The summed E-state index contributed by atoms with van der Waals surface area (Å²) in [6.45, 7) is 6.98. The first-order chi connectivity index (χ1) is 15.5. The van der Waals surface area contributed by atoms with Crippen LogP contribution in [-0.4, -0.2) is 36.3 Å². The molecule has 1 aromatic carbocycles. The van der Waals surface area contributed by atoms with E-state index in [4.69, 9.17) is 14.2 Å². The fourth-order valence-corrected chi connectivity index (χ4v) is 8.55. The zero-order valence-electron chi connectivity index (χ0n) is 19.6. The molecule has 4 heteroatoms. The maximum Gasteiger partial charge on any atom is 0.174 e. The molecule has 32 heavy (non-hydrogen) atoms. The molecule has 174 valence electrons. The Labute approximate surface area is 192 Å². The first kappa shape index (κ1) is 21.3. The Bertz CT molecular complexity index is 875. The van der Waals surface area contributed by atoms with E-state index in [1.807, 2.05) is 0 Å². The van der Waals surface area contributed by atoms with Crippen LogP contribution in [0.15, 0.2) is 42.0 Å². The van der Waals surface area contributed by atoms with E-state index < -0.39 is 5.79 Å². The van der Waals surface area contributed by atoms with Crippen molar-refractivity contribution in [2.24, 2.45) is 28.6 Å². The summed E-state index contributed by atoms with van der Waals surface area (Å²) in [6, 6.07) is 10.6. The molecule has 0 bridgehead atoms. The lowest BCUT2D eigenvalue weighted by molar-refractivity contribution is -0.261. The molecule has 1 heterocycles. The Morgan fingerprint density at radius 2 is 1.84 bits per heavy atom. The first-order valence-electron chi connectivity index (χ1n) is 12.8. The largest absolute Gasteiger partial charge is 0.393 e. The molecule has 6 rings (SSSR count). The number of rotatable bonds is 3. The molecular formula is C28H38O4. The number of hydrogen-bond donors (Lipinski definition) is 1. The van der Waals surface area contributed by atoms with Crippen LogP contribution in [0.3, 0.4) is 0 Å². The van der Waals surface area contributed by atoms with E-state index in [1.54, 1.807) is 0 Å². The molecule has 1 N–H and O–H groups in total. The van der Waals surface area contributed by atoms with E-state index in [-0.39, 0.29) is 23.0 Å². The van der Waals surface area contributed by atoms with Crippen LogP contribution in [0.1, 0.15) is 64.4 Å². The summed E-state index contributed by atoms with van der Waals surface area (Å²) in [6.07, 6.45) is 9.58. The topological polar surface area (TPSA) is 47.9 Å². The van der Waals surface area contributed by atoms with Crippen molar-refractivity contribution >= 4 is 0 Å². The summed E-state index contributed by atoms with van der Waals surface area (Å²) >= 11 is 0. The SMILES string of the molecule is C[C@]12CCC(O)CC1=CCC1C2C(OCc2ccccc2)C[C@@]2(C)C1CCC21OCCO1. The van der Waals surface area contributed by atoms with E-state index >= 15 is 0 Å². The molecule has 5 aliphatic rings. The Morgan fingerprint density at radius 3 is 2.62 bits per heavy atom. The van der Waals surface area contributed by atoms with Crippen LogP contribution in [0.4, 0.5) is 0 Å². The Morgan fingerprint density at radius 1 is 1.06 bits per heavy atom. The van der Waals surface area contributed by atoms with E-state index in [2.05, 4.69) is 50.3 Å². The second-order valence-corrected chi connectivity index (χ2v) is 11.5. The van der Waals surface area contributed by atoms with Gasteiger partial charge < -0.3 is 19.3 Å². The zero-order chi connectivity index (χ0) is 22.0. The minimum absolute atomic E-state index is 0.0120. The predicted octanol–water partition coefficient (Wildman–Crippen LogP) is 5.25. The van der Waals surface area contributed by atoms with E-state index in [0.717, 1.165) is 38.5 Å². The summed E-state index contributed by atoms with van der Waals surface area (Å²) in [5.74, 6) is 1.26. The van der Waals surface area contributed by atoms with Crippen molar-refractivity contribution in [3.63, 3.8) is 0 Å². The van der Waals surface area contributed by atoms with Gasteiger partial charge in [0.25, 0.3) is 0 Å². The molecule has 0 amide bonds. The normalized spacial score (nSPS) is 44.6. The average molecular weight is 439 g/mol. The van der Waals surface area contributed by atoms with Crippen molar-refractivity contribution in [1.82, 2.24) is 0 Å². The predicted molar refractivity (Wildman–Crippen MR) is 123 cm³/mol. The summed E-state index contributed by atoms with van der Waals surface area (Å²) in [7, 11) is 0. The van der Waals surface area contributed by atoms with Gasteiger partial charge in [-0.15, -0.1) is 0 Å². The summed E-state index contributed by atoms with van der Waals surface area (Å²) < 4.78 is 19.6. The van der Waals surface area contributed by atoms with Crippen LogP contribution >= 0.6 is 0 Å². The van der Waals surface area contributed by atoms with Crippen molar-refractivity contribution < 1.29 is 19.3 Å². The van der Waals surface area contributed by atoms with E-state index in [1.165, 1.54) is 17.6 Å². The molecule has 7 atom stereocenters. The molecule has 1 saturated heterocycles. The second-order valence-electron chi connectivity index (χ2n) is 11.5. The van der Waals surface area contributed by atoms with E-state index in [0.29, 0.717) is 37.6 Å². The molecule has 0 aromatic heterocycles. The van der Waals surface area contributed by atoms with Gasteiger partial charge in [0.1, 0.15) is 0 Å². The quantitative estimate of drug-likeness (QED) is 0.655. The maximum atomic E-state index is 10.4.